The first kappa shape index (κ1) is 10.4. The summed E-state index contributed by atoms with van der Waals surface area (Å²) in [4.78, 5) is 22.9. The molecule has 0 atom stereocenters. The Morgan fingerprint density at radius 1 is 1.12 bits per heavy atom. The second-order valence-corrected chi connectivity index (χ2v) is 3.37. The summed E-state index contributed by atoms with van der Waals surface area (Å²) < 4.78 is 13.8. The lowest BCUT2D eigenvalue weighted by Crippen LogP contribution is -2.35. The zero-order valence-corrected chi connectivity index (χ0v) is 8.55. The number of benzene rings is 1. The Morgan fingerprint density at radius 2 is 1.81 bits per heavy atom. The average molecular weight is 220 g/mol. The molecule has 0 unspecified atom stereocenters. The lowest BCUT2D eigenvalue weighted by molar-refractivity contribution is 0.336. The number of hydrogen-bond donors (Lipinski definition) is 0. The Balaban J connectivity index is 2.85. The Morgan fingerprint density at radius 3 is 2.50 bits per heavy atom. The summed E-state index contributed by atoms with van der Waals surface area (Å²) in [6.07, 6.45) is 0.805. The van der Waals surface area contributed by atoms with Gasteiger partial charge in [0.05, 0.1) is 5.69 Å². The number of aromatic nitrogens is 2. The van der Waals surface area contributed by atoms with E-state index in [1.807, 2.05) is 0 Å². The van der Waals surface area contributed by atoms with E-state index < -0.39 is 11.2 Å². The van der Waals surface area contributed by atoms with Gasteiger partial charge in [-0.2, -0.15) is 0 Å². The molecule has 1 heterocycles. The van der Waals surface area contributed by atoms with Crippen LogP contribution in [0.25, 0.3) is 5.69 Å². The maximum Gasteiger partial charge on any atom is 0.363 e. The summed E-state index contributed by atoms with van der Waals surface area (Å²) >= 11 is 0. The van der Waals surface area contributed by atoms with Crippen LogP contribution in [0.15, 0.2) is 46.1 Å². The number of rotatable bonds is 1. The van der Waals surface area contributed by atoms with Gasteiger partial charge in [-0.05, 0) is 18.6 Å². The molecule has 0 radical (unpaired) electrons. The molecule has 1 aromatic heterocycles. The molecule has 0 aliphatic heterocycles. The van der Waals surface area contributed by atoms with E-state index >= 15 is 0 Å². The molecule has 82 valence electrons. The van der Waals surface area contributed by atoms with E-state index in [0.29, 0.717) is 5.69 Å². The molecule has 16 heavy (non-hydrogen) atoms. The zero-order valence-electron chi connectivity index (χ0n) is 8.55. The Kier molecular flexibility index (Phi) is 2.44. The smallest absolute Gasteiger partial charge is 0.269 e. The van der Waals surface area contributed by atoms with Gasteiger partial charge in [0, 0.05) is 12.3 Å². The predicted molar refractivity (Wildman–Crippen MR) is 57.5 cm³/mol. The van der Waals surface area contributed by atoms with Crippen LogP contribution in [-0.2, 0) is 0 Å². The van der Waals surface area contributed by atoms with Crippen LogP contribution < -0.4 is 11.2 Å². The van der Waals surface area contributed by atoms with Crippen molar-refractivity contribution >= 4 is 0 Å². The minimum Gasteiger partial charge on any atom is -0.269 e. The molecule has 0 bridgehead atoms. The fraction of sp³-hybridized carbons (Fsp3) is 0.0909. The monoisotopic (exact) mass is 220 g/mol. The molecule has 1 aromatic carbocycles. The van der Waals surface area contributed by atoms with Gasteiger partial charge in [-0.3, -0.25) is 4.79 Å². The quantitative estimate of drug-likeness (QED) is 0.720. The van der Waals surface area contributed by atoms with Crippen molar-refractivity contribution in [1.82, 2.24) is 9.36 Å². The second-order valence-electron chi connectivity index (χ2n) is 3.37. The summed E-state index contributed by atoms with van der Waals surface area (Å²) in [5.74, 6) is 0. The van der Waals surface area contributed by atoms with E-state index in [9.17, 15) is 14.1 Å². The van der Waals surface area contributed by atoms with Crippen molar-refractivity contribution in [3.05, 3.63) is 62.9 Å². The molecule has 0 aliphatic carbocycles. The van der Waals surface area contributed by atoms with Gasteiger partial charge in [0.15, 0.2) is 0 Å². The summed E-state index contributed by atoms with van der Waals surface area (Å²) in [5.41, 5.74) is -0.424. The van der Waals surface area contributed by atoms with Gasteiger partial charge in [-0.1, -0.05) is 22.7 Å². The van der Waals surface area contributed by atoms with Gasteiger partial charge in [-0.15, -0.1) is 4.79 Å². The van der Waals surface area contributed by atoms with Gasteiger partial charge < -0.3 is 0 Å². The minimum atomic E-state index is -0.998. The van der Waals surface area contributed by atoms with E-state index in [1.165, 1.54) is 0 Å². The molecule has 4 nitrogen and oxygen atoms in total. The van der Waals surface area contributed by atoms with Crippen molar-refractivity contribution in [2.75, 3.05) is 0 Å². The molecule has 0 saturated heterocycles. The number of aryl methyl sites for hydroxylation is 1. The van der Waals surface area contributed by atoms with E-state index in [1.54, 1.807) is 31.2 Å². The van der Waals surface area contributed by atoms with Crippen LogP contribution in [0.1, 0.15) is 5.56 Å². The van der Waals surface area contributed by atoms with E-state index in [-0.39, 0.29) is 4.79 Å². The second kappa shape index (κ2) is 3.77. The average Bonchev–Trinajstić information content (AvgIpc) is 2.27. The number of nitrogens with zero attached hydrogens (tertiary/aromatic N) is 2. The number of para-hydroxylation sites is 1. The molecule has 0 fully saturated rings. The predicted octanol–water partition coefficient (Wildman–Crippen LogP) is 1.04. The van der Waals surface area contributed by atoms with Crippen molar-refractivity contribution in [3.8, 4) is 5.69 Å². The third-order valence-corrected chi connectivity index (χ3v) is 2.30. The summed E-state index contributed by atoms with van der Waals surface area (Å²) in [6, 6.07) is 7.81. The van der Waals surface area contributed by atoms with E-state index in [4.69, 9.17) is 0 Å². The third-order valence-electron chi connectivity index (χ3n) is 2.30. The normalized spacial score (nSPS) is 10.4. The SMILES string of the molecule is Cc1ccccc1-n1c(=O)ccn(F)c1=O. The van der Waals surface area contributed by atoms with Gasteiger partial charge in [0.1, 0.15) is 0 Å². The number of hydrogen-bond acceptors (Lipinski definition) is 2. The van der Waals surface area contributed by atoms with Crippen LogP contribution in [0, 0.1) is 6.92 Å². The first-order chi connectivity index (χ1) is 7.61. The lowest BCUT2D eigenvalue weighted by Gasteiger charge is -2.07. The topological polar surface area (TPSA) is 44.0 Å². The zero-order chi connectivity index (χ0) is 11.7. The highest BCUT2D eigenvalue weighted by atomic mass is 19.2. The van der Waals surface area contributed by atoms with Gasteiger partial charge >= 0.3 is 5.69 Å². The molecule has 0 N–H and O–H groups in total. The maximum atomic E-state index is 13.0. The molecule has 5 heteroatoms. The molecule has 0 aliphatic rings. The fourth-order valence-corrected chi connectivity index (χ4v) is 1.49. The van der Waals surface area contributed by atoms with Crippen LogP contribution in [0.2, 0.25) is 0 Å². The Labute approximate surface area is 90.1 Å². The maximum absolute atomic E-state index is 13.0. The molecular weight excluding hydrogens is 211 g/mol. The molecule has 0 amide bonds. The van der Waals surface area contributed by atoms with Crippen molar-refractivity contribution in [3.63, 3.8) is 0 Å². The first-order valence-electron chi connectivity index (χ1n) is 4.68. The van der Waals surface area contributed by atoms with Gasteiger partial charge in [0.2, 0.25) is 0 Å². The summed E-state index contributed by atoms with van der Waals surface area (Å²) in [6.45, 7) is 1.75. The van der Waals surface area contributed by atoms with Crippen LogP contribution >= 0.6 is 0 Å². The third kappa shape index (κ3) is 1.56. The van der Waals surface area contributed by atoms with Crippen molar-refractivity contribution in [2.24, 2.45) is 0 Å². The van der Waals surface area contributed by atoms with Crippen molar-refractivity contribution in [2.45, 2.75) is 6.92 Å². The van der Waals surface area contributed by atoms with Gasteiger partial charge in [-0.25, -0.2) is 9.36 Å². The molecule has 0 spiro atoms. The first-order valence-corrected chi connectivity index (χ1v) is 4.68. The van der Waals surface area contributed by atoms with Crippen molar-refractivity contribution < 1.29 is 4.48 Å². The summed E-state index contributed by atoms with van der Waals surface area (Å²) in [5, 5.41) is 0. The van der Waals surface area contributed by atoms with Crippen LogP contribution in [0.3, 0.4) is 0 Å². The Bertz CT molecular complexity index is 643. The molecule has 0 saturated carbocycles. The van der Waals surface area contributed by atoms with Crippen molar-refractivity contribution in [1.29, 1.82) is 0 Å². The van der Waals surface area contributed by atoms with Crippen LogP contribution in [0.5, 0.6) is 0 Å². The largest absolute Gasteiger partial charge is 0.363 e. The fourth-order valence-electron chi connectivity index (χ4n) is 1.49. The van der Waals surface area contributed by atoms with Gasteiger partial charge in [0.25, 0.3) is 5.56 Å². The summed E-state index contributed by atoms with van der Waals surface area (Å²) in [7, 11) is 0. The number of halogens is 1. The Hall–Kier alpha value is -2.17. The highest BCUT2D eigenvalue weighted by Crippen LogP contribution is 2.08. The molecule has 2 aromatic rings. The van der Waals surface area contributed by atoms with E-state index in [0.717, 1.165) is 22.4 Å². The van der Waals surface area contributed by atoms with E-state index in [2.05, 4.69) is 0 Å². The van der Waals surface area contributed by atoms with Crippen LogP contribution in [-0.4, -0.2) is 9.36 Å². The molecular formula is C11H9FN2O2. The minimum absolute atomic E-state index is 0.117. The standard InChI is InChI=1S/C11H9FN2O2/c1-8-4-2-3-5-9(8)14-10(15)6-7-13(12)11(14)16/h2-7H,1H3. The lowest BCUT2D eigenvalue weighted by atomic mass is 10.2. The highest BCUT2D eigenvalue weighted by molar-refractivity contribution is 5.39. The molecule has 2 rings (SSSR count). The highest BCUT2D eigenvalue weighted by Gasteiger charge is 2.08. The van der Waals surface area contributed by atoms with Crippen LogP contribution in [0.4, 0.5) is 4.48 Å².